The monoisotopic (exact) mass is 302 g/mol. The van der Waals surface area contributed by atoms with Gasteiger partial charge in [-0.05, 0) is 17.7 Å². The van der Waals surface area contributed by atoms with Crippen molar-refractivity contribution in [2.24, 2.45) is 11.0 Å². The number of piperidine rings is 3. The highest BCUT2D eigenvalue weighted by Crippen LogP contribution is 2.37. The minimum absolute atomic E-state index is 0.0242. The molecule has 1 amide bonds. The number of halogens is 1. The molecule has 0 aliphatic carbocycles. The van der Waals surface area contributed by atoms with Crippen molar-refractivity contribution >= 4 is 11.6 Å². The van der Waals surface area contributed by atoms with Crippen molar-refractivity contribution in [2.75, 3.05) is 13.1 Å². The molecular weight excluding hydrogens is 281 g/mol. The van der Waals surface area contributed by atoms with Crippen LogP contribution in [0.15, 0.2) is 29.4 Å². The molecule has 0 spiro atoms. The minimum atomic E-state index is -0.249. The first-order chi connectivity index (χ1) is 10.7. The Kier molecular flexibility index (Phi) is 3.26. The third-order valence-electron chi connectivity index (χ3n) is 5.36. The van der Waals surface area contributed by atoms with Gasteiger partial charge in [-0.3, -0.25) is 4.79 Å². The smallest absolute Gasteiger partial charge is 0.243 e. The Morgan fingerprint density at radius 1 is 1.41 bits per heavy atom. The number of rotatable bonds is 2. The maximum absolute atomic E-state index is 13.7. The molecule has 0 saturated carbocycles. The molecule has 3 saturated heterocycles. The van der Waals surface area contributed by atoms with Crippen molar-refractivity contribution in [3.8, 4) is 0 Å². The van der Waals surface area contributed by atoms with Gasteiger partial charge in [-0.25, -0.2) is 9.40 Å². The van der Waals surface area contributed by atoms with Gasteiger partial charge in [-0.15, -0.1) is 0 Å². The predicted molar refractivity (Wildman–Crippen MR) is 80.9 cm³/mol. The topological polar surface area (TPSA) is 37.1 Å². The quantitative estimate of drug-likeness (QED) is 0.874. The lowest BCUT2D eigenvalue weighted by atomic mass is 9.78. The number of hydrogen-bond acceptors (Lipinski definition) is 2. The Morgan fingerprint density at radius 3 is 2.86 bits per heavy atom. The summed E-state index contributed by atoms with van der Waals surface area (Å²) in [4.78, 5) is 13.9. The molecule has 0 aromatic heterocycles. The normalized spacial score (nSPS) is 32.8. The molecule has 2 atom stereocenters. The number of carbonyl (C=O) groups excluding carboxylic acids is 1. The van der Waals surface area contributed by atoms with E-state index in [-0.39, 0.29) is 23.8 Å². The molecule has 0 radical (unpaired) electrons. The summed E-state index contributed by atoms with van der Waals surface area (Å²) in [5.74, 6) is 0.283. The maximum atomic E-state index is 13.7. The second-order valence-electron chi connectivity index (χ2n) is 6.53. The van der Waals surface area contributed by atoms with E-state index in [1.165, 1.54) is 16.7 Å². The summed E-state index contributed by atoms with van der Waals surface area (Å²) >= 11 is 0. The van der Waals surface area contributed by atoms with Crippen LogP contribution in [0.1, 0.15) is 37.8 Å². The summed E-state index contributed by atoms with van der Waals surface area (Å²) < 4.78 is 13.7. The zero-order valence-electron chi connectivity index (χ0n) is 12.8. The van der Waals surface area contributed by atoms with Crippen LogP contribution in [-0.2, 0) is 4.79 Å². The average molecular weight is 302 g/mol. The van der Waals surface area contributed by atoms with Gasteiger partial charge in [-0.2, -0.15) is 5.10 Å². The summed E-state index contributed by atoms with van der Waals surface area (Å²) in [6.07, 6.45) is 2.75. The fourth-order valence-electron chi connectivity index (χ4n) is 4.31. The number of nitrogens with zero attached hydrogens (tertiary/aromatic N) is 2. The molecule has 22 heavy (non-hydrogen) atoms. The second-order valence-corrected chi connectivity index (χ2v) is 6.53. The van der Waals surface area contributed by atoms with Gasteiger partial charge >= 0.3 is 0 Å². The number of quaternary nitrogens is 1. The third kappa shape index (κ3) is 1.99. The van der Waals surface area contributed by atoms with E-state index in [9.17, 15) is 9.18 Å². The molecule has 4 aliphatic rings. The van der Waals surface area contributed by atoms with E-state index in [1.54, 1.807) is 17.1 Å². The summed E-state index contributed by atoms with van der Waals surface area (Å²) in [7, 11) is 0. The SMILES string of the molecule is CCC(=O)N1N=C2C3CC[NH+](CC3)[C@H]2[C@H]1c1cccc(F)c1. The summed E-state index contributed by atoms with van der Waals surface area (Å²) in [6, 6.07) is 6.73. The van der Waals surface area contributed by atoms with Crippen molar-refractivity contribution < 1.29 is 14.1 Å². The molecule has 1 N–H and O–H groups in total. The largest absolute Gasteiger partial charge is 0.326 e. The predicted octanol–water partition coefficient (Wildman–Crippen LogP) is 1.15. The molecule has 3 fully saturated rings. The Hall–Kier alpha value is -1.75. The number of nitrogens with one attached hydrogen (secondary N) is 1. The van der Waals surface area contributed by atoms with Crippen LogP contribution in [0.5, 0.6) is 0 Å². The summed E-state index contributed by atoms with van der Waals surface area (Å²) in [6.45, 7) is 4.12. The molecule has 5 rings (SSSR count). The van der Waals surface area contributed by atoms with Crippen LogP contribution in [0.25, 0.3) is 0 Å². The first-order valence-electron chi connectivity index (χ1n) is 8.19. The first-order valence-corrected chi connectivity index (χ1v) is 8.19. The molecule has 4 nitrogen and oxygen atoms in total. The van der Waals surface area contributed by atoms with Crippen LogP contribution in [0.4, 0.5) is 4.39 Å². The zero-order chi connectivity index (χ0) is 15.3. The Labute approximate surface area is 129 Å². The van der Waals surface area contributed by atoms with Crippen LogP contribution < -0.4 is 4.90 Å². The fourth-order valence-corrected chi connectivity index (χ4v) is 4.31. The standard InChI is InChI=1S/C17H20FN3O/c1-2-14(22)21-16(12-4-3-5-13(18)10-12)17-15(19-21)11-6-8-20(17)9-7-11/h3-5,10-11,16-17H,2,6-9H2,1H3/p+1/t16-,17-/m1/s1. The average Bonchev–Trinajstić information content (AvgIpc) is 2.97. The Morgan fingerprint density at radius 2 is 2.18 bits per heavy atom. The number of carbonyl (C=O) groups is 1. The molecule has 1 aromatic carbocycles. The number of amides is 1. The van der Waals surface area contributed by atoms with Gasteiger partial charge in [0.2, 0.25) is 5.91 Å². The van der Waals surface area contributed by atoms with Crippen molar-refractivity contribution in [2.45, 2.75) is 38.3 Å². The van der Waals surface area contributed by atoms with E-state index in [0.29, 0.717) is 12.3 Å². The maximum Gasteiger partial charge on any atom is 0.243 e. The van der Waals surface area contributed by atoms with Gasteiger partial charge in [0.05, 0.1) is 13.1 Å². The van der Waals surface area contributed by atoms with Gasteiger partial charge in [0.25, 0.3) is 0 Å². The van der Waals surface area contributed by atoms with E-state index in [1.807, 2.05) is 13.0 Å². The van der Waals surface area contributed by atoms with Crippen LogP contribution in [0, 0.1) is 11.7 Å². The van der Waals surface area contributed by atoms with Gasteiger partial charge < -0.3 is 4.90 Å². The van der Waals surface area contributed by atoms with Gasteiger partial charge in [-0.1, -0.05) is 19.1 Å². The van der Waals surface area contributed by atoms with E-state index < -0.39 is 0 Å². The summed E-state index contributed by atoms with van der Waals surface area (Å²) in [5, 5.41) is 6.35. The number of benzene rings is 1. The van der Waals surface area contributed by atoms with Crippen molar-refractivity contribution in [1.29, 1.82) is 0 Å². The number of hydrogen-bond donors (Lipinski definition) is 1. The highest BCUT2D eigenvalue weighted by atomic mass is 19.1. The molecular formula is C17H21FN3O+. The third-order valence-corrected chi connectivity index (χ3v) is 5.36. The second kappa shape index (κ2) is 5.16. The van der Waals surface area contributed by atoms with Crippen molar-refractivity contribution in [3.05, 3.63) is 35.6 Å². The van der Waals surface area contributed by atoms with E-state index in [0.717, 1.165) is 31.5 Å². The molecule has 2 bridgehead atoms. The Balaban J connectivity index is 1.78. The van der Waals surface area contributed by atoms with Crippen LogP contribution in [0.2, 0.25) is 0 Å². The lowest BCUT2D eigenvalue weighted by molar-refractivity contribution is -0.927. The lowest BCUT2D eigenvalue weighted by Crippen LogP contribution is -3.20. The van der Waals surface area contributed by atoms with E-state index in [2.05, 4.69) is 0 Å². The van der Waals surface area contributed by atoms with Gasteiger partial charge in [0, 0.05) is 25.2 Å². The van der Waals surface area contributed by atoms with E-state index in [4.69, 9.17) is 5.10 Å². The molecule has 1 aromatic rings. The van der Waals surface area contributed by atoms with Crippen molar-refractivity contribution in [3.63, 3.8) is 0 Å². The molecule has 4 aliphatic heterocycles. The lowest BCUT2D eigenvalue weighted by Gasteiger charge is -2.42. The van der Waals surface area contributed by atoms with Crippen LogP contribution in [0.3, 0.4) is 0 Å². The van der Waals surface area contributed by atoms with Crippen molar-refractivity contribution in [1.82, 2.24) is 5.01 Å². The highest BCUT2D eigenvalue weighted by molar-refractivity contribution is 5.96. The van der Waals surface area contributed by atoms with Gasteiger partial charge in [0.15, 0.2) is 6.04 Å². The fraction of sp³-hybridized carbons (Fsp3) is 0.529. The first kappa shape index (κ1) is 13.9. The Bertz CT molecular complexity index is 637. The summed E-state index contributed by atoms with van der Waals surface area (Å²) in [5.41, 5.74) is 2.04. The van der Waals surface area contributed by atoms with Crippen LogP contribution >= 0.6 is 0 Å². The minimum Gasteiger partial charge on any atom is -0.326 e. The molecule has 0 unspecified atom stereocenters. The number of fused-ring (bicyclic) bond motifs is 2. The zero-order valence-corrected chi connectivity index (χ0v) is 12.8. The highest BCUT2D eigenvalue weighted by Gasteiger charge is 2.54. The van der Waals surface area contributed by atoms with Gasteiger partial charge in [0.1, 0.15) is 17.6 Å². The molecule has 116 valence electrons. The van der Waals surface area contributed by atoms with Crippen LogP contribution in [-0.4, -0.2) is 35.8 Å². The number of hydrazone groups is 1. The molecule has 5 heteroatoms. The molecule has 4 heterocycles. The van der Waals surface area contributed by atoms with E-state index >= 15 is 0 Å².